The van der Waals surface area contributed by atoms with Crippen LogP contribution in [0.4, 0.5) is 0 Å². The molecular weight excluding hydrogens is 372 g/mol. The number of β-amino-alcohol motifs (C(OH)–C–C–N with tert-alkyl or cyclic N) is 1. The molecule has 0 saturated carbocycles. The fourth-order valence-corrected chi connectivity index (χ4v) is 3.66. The van der Waals surface area contributed by atoms with Gasteiger partial charge in [0.15, 0.2) is 11.5 Å². The summed E-state index contributed by atoms with van der Waals surface area (Å²) in [7, 11) is 1.63. The smallest absolute Gasteiger partial charge is 0.231 e. The van der Waals surface area contributed by atoms with Gasteiger partial charge in [0.05, 0.1) is 7.11 Å². The van der Waals surface area contributed by atoms with Gasteiger partial charge in [-0.3, -0.25) is 9.80 Å². The Morgan fingerprint density at radius 1 is 0.966 bits per heavy atom. The second-order valence-electron chi connectivity index (χ2n) is 7.41. The van der Waals surface area contributed by atoms with Crippen molar-refractivity contribution in [3.05, 3.63) is 48.0 Å². The lowest BCUT2D eigenvalue weighted by molar-refractivity contribution is 0.0445. The molecule has 2 aromatic rings. The van der Waals surface area contributed by atoms with Crippen molar-refractivity contribution in [2.45, 2.75) is 12.6 Å². The summed E-state index contributed by atoms with van der Waals surface area (Å²) >= 11 is 0. The lowest BCUT2D eigenvalue weighted by Gasteiger charge is -2.35. The summed E-state index contributed by atoms with van der Waals surface area (Å²) in [6, 6.07) is 13.6. The number of hydrogen-bond acceptors (Lipinski definition) is 7. The Kier molecular flexibility index (Phi) is 6.39. The minimum absolute atomic E-state index is 0.268. The van der Waals surface area contributed by atoms with Gasteiger partial charge in [0.25, 0.3) is 0 Å². The van der Waals surface area contributed by atoms with Crippen molar-refractivity contribution in [2.24, 2.45) is 0 Å². The van der Waals surface area contributed by atoms with Gasteiger partial charge in [-0.25, -0.2) is 0 Å². The third-order valence-electron chi connectivity index (χ3n) is 5.26. The van der Waals surface area contributed by atoms with Crippen molar-refractivity contribution in [3.8, 4) is 23.0 Å². The fraction of sp³-hybridized carbons (Fsp3) is 0.455. The Bertz CT molecular complexity index is 808. The van der Waals surface area contributed by atoms with Gasteiger partial charge in [0.1, 0.15) is 24.2 Å². The number of rotatable bonds is 8. The van der Waals surface area contributed by atoms with Crippen molar-refractivity contribution < 1.29 is 24.1 Å². The van der Waals surface area contributed by atoms with Crippen LogP contribution in [0.2, 0.25) is 0 Å². The molecule has 7 nitrogen and oxygen atoms in total. The lowest BCUT2D eigenvalue weighted by Crippen LogP contribution is -2.48. The maximum Gasteiger partial charge on any atom is 0.231 e. The normalized spacial score (nSPS) is 17.9. The maximum absolute atomic E-state index is 10.3. The highest BCUT2D eigenvalue weighted by Crippen LogP contribution is 2.32. The molecule has 4 rings (SSSR count). The van der Waals surface area contributed by atoms with Crippen LogP contribution in [0.3, 0.4) is 0 Å². The molecule has 29 heavy (non-hydrogen) atoms. The van der Waals surface area contributed by atoms with Crippen molar-refractivity contribution in [3.63, 3.8) is 0 Å². The molecule has 0 aliphatic carbocycles. The molecule has 1 fully saturated rings. The molecule has 7 heteroatoms. The Morgan fingerprint density at radius 3 is 2.55 bits per heavy atom. The van der Waals surface area contributed by atoms with Gasteiger partial charge in [-0.2, -0.15) is 0 Å². The van der Waals surface area contributed by atoms with E-state index in [2.05, 4.69) is 21.9 Å². The SMILES string of the molecule is COc1cccc(OC[C@H](O)CN2CCN(Cc3ccc4c(c3)OCO4)CC2)c1. The van der Waals surface area contributed by atoms with Crippen LogP contribution in [-0.4, -0.2) is 74.2 Å². The van der Waals surface area contributed by atoms with Gasteiger partial charge < -0.3 is 24.1 Å². The first-order valence-corrected chi connectivity index (χ1v) is 9.98. The predicted molar refractivity (Wildman–Crippen MR) is 109 cm³/mol. The number of ether oxygens (including phenoxy) is 4. The van der Waals surface area contributed by atoms with Crippen molar-refractivity contribution in [1.82, 2.24) is 9.80 Å². The molecule has 1 N–H and O–H groups in total. The predicted octanol–water partition coefficient (Wildman–Crippen LogP) is 1.98. The van der Waals surface area contributed by atoms with Crippen LogP contribution in [-0.2, 0) is 6.54 Å². The molecule has 1 atom stereocenters. The molecule has 0 spiro atoms. The quantitative estimate of drug-likeness (QED) is 0.727. The van der Waals surface area contributed by atoms with Crippen molar-refractivity contribution in [1.29, 1.82) is 0 Å². The molecule has 2 aliphatic heterocycles. The van der Waals surface area contributed by atoms with Gasteiger partial charge >= 0.3 is 0 Å². The average molecular weight is 400 g/mol. The number of nitrogens with zero attached hydrogens (tertiary/aromatic N) is 2. The van der Waals surface area contributed by atoms with Crippen LogP contribution in [0.1, 0.15) is 5.56 Å². The van der Waals surface area contributed by atoms with Crippen LogP contribution in [0.15, 0.2) is 42.5 Å². The summed E-state index contributed by atoms with van der Waals surface area (Å²) in [5, 5.41) is 10.3. The largest absolute Gasteiger partial charge is 0.497 e. The van der Waals surface area contributed by atoms with E-state index >= 15 is 0 Å². The first-order chi connectivity index (χ1) is 14.2. The van der Waals surface area contributed by atoms with Crippen LogP contribution in [0.25, 0.3) is 0 Å². The van der Waals surface area contributed by atoms with Crippen LogP contribution < -0.4 is 18.9 Å². The molecule has 0 bridgehead atoms. The second-order valence-corrected chi connectivity index (χ2v) is 7.41. The molecule has 0 amide bonds. The molecule has 2 heterocycles. The summed E-state index contributed by atoms with van der Waals surface area (Å²) < 4.78 is 21.7. The molecule has 0 aromatic heterocycles. The summed E-state index contributed by atoms with van der Waals surface area (Å²) in [5.74, 6) is 3.11. The van der Waals surface area contributed by atoms with E-state index < -0.39 is 6.10 Å². The van der Waals surface area contributed by atoms with Crippen molar-refractivity contribution >= 4 is 0 Å². The zero-order chi connectivity index (χ0) is 20.1. The highest BCUT2D eigenvalue weighted by Gasteiger charge is 2.21. The highest BCUT2D eigenvalue weighted by molar-refractivity contribution is 5.44. The van der Waals surface area contributed by atoms with Crippen molar-refractivity contribution in [2.75, 3.05) is 53.2 Å². The first-order valence-electron chi connectivity index (χ1n) is 9.98. The molecule has 1 saturated heterocycles. The number of methoxy groups -OCH3 is 1. The van der Waals surface area contributed by atoms with E-state index in [4.69, 9.17) is 18.9 Å². The topological polar surface area (TPSA) is 63.6 Å². The Morgan fingerprint density at radius 2 is 1.72 bits per heavy atom. The monoisotopic (exact) mass is 400 g/mol. The summed E-state index contributed by atoms with van der Waals surface area (Å²) in [4.78, 5) is 4.71. The van der Waals surface area contributed by atoms with Gasteiger partial charge in [0.2, 0.25) is 6.79 Å². The van der Waals surface area contributed by atoms with E-state index in [1.165, 1.54) is 5.56 Å². The minimum Gasteiger partial charge on any atom is -0.497 e. The van der Waals surface area contributed by atoms with E-state index in [-0.39, 0.29) is 6.61 Å². The lowest BCUT2D eigenvalue weighted by atomic mass is 10.1. The number of aliphatic hydroxyl groups excluding tert-OH is 1. The standard InChI is InChI=1S/C22H28N2O5/c1-26-19-3-2-4-20(12-19)27-15-18(25)14-24-9-7-23(8-10-24)13-17-5-6-21-22(11-17)29-16-28-21/h2-6,11-12,18,25H,7-10,13-16H2,1H3/t18-/m1/s1. The minimum atomic E-state index is -0.526. The van der Waals surface area contributed by atoms with Gasteiger partial charge in [-0.15, -0.1) is 0 Å². The molecule has 156 valence electrons. The molecule has 0 radical (unpaired) electrons. The van der Waals surface area contributed by atoms with E-state index in [0.29, 0.717) is 19.1 Å². The summed E-state index contributed by atoms with van der Waals surface area (Å²) in [5.41, 5.74) is 1.23. The third kappa shape index (κ3) is 5.32. The summed E-state index contributed by atoms with van der Waals surface area (Å²) in [6.45, 7) is 5.89. The van der Waals surface area contributed by atoms with E-state index in [9.17, 15) is 5.11 Å². The molecule has 0 unspecified atom stereocenters. The summed E-state index contributed by atoms with van der Waals surface area (Å²) in [6.07, 6.45) is -0.526. The third-order valence-corrected chi connectivity index (χ3v) is 5.26. The maximum atomic E-state index is 10.3. The Balaban J connectivity index is 1.18. The van der Waals surface area contributed by atoms with Crippen LogP contribution in [0, 0.1) is 0 Å². The van der Waals surface area contributed by atoms with Gasteiger partial charge in [-0.05, 0) is 29.8 Å². The van der Waals surface area contributed by atoms with E-state index in [1.807, 2.05) is 30.3 Å². The zero-order valence-corrected chi connectivity index (χ0v) is 16.8. The van der Waals surface area contributed by atoms with Crippen LogP contribution in [0.5, 0.6) is 23.0 Å². The number of aliphatic hydroxyl groups is 1. The highest BCUT2D eigenvalue weighted by atomic mass is 16.7. The van der Waals surface area contributed by atoms with E-state index in [1.54, 1.807) is 7.11 Å². The number of fused-ring (bicyclic) bond motifs is 1. The number of hydrogen-bond donors (Lipinski definition) is 1. The zero-order valence-electron chi connectivity index (χ0n) is 16.8. The fourth-order valence-electron chi connectivity index (χ4n) is 3.66. The Labute approximate surface area is 171 Å². The second kappa shape index (κ2) is 9.35. The molecule has 2 aliphatic rings. The molecular formula is C22H28N2O5. The van der Waals surface area contributed by atoms with Gasteiger partial charge in [-0.1, -0.05) is 12.1 Å². The number of piperazine rings is 1. The van der Waals surface area contributed by atoms with Gasteiger partial charge in [0, 0.05) is 45.3 Å². The first kappa shape index (κ1) is 19.8. The average Bonchev–Trinajstić information content (AvgIpc) is 3.22. The Hall–Kier alpha value is -2.48. The van der Waals surface area contributed by atoms with Crippen LogP contribution >= 0.6 is 0 Å². The van der Waals surface area contributed by atoms with E-state index in [0.717, 1.165) is 50.0 Å². The molecule has 2 aromatic carbocycles. The number of benzene rings is 2.